The summed E-state index contributed by atoms with van der Waals surface area (Å²) in [5, 5.41) is 4.73. The van der Waals surface area contributed by atoms with Crippen molar-refractivity contribution in [2.45, 2.75) is 20.3 Å². The Morgan fingerprint density at radius 2 is 1.65 bits per heavy atom. The lowest BCUT2D eigenvalue weighted by Crippen LogP contribution is -1.98. The van der Waals surface area contributed by atoms with Gasteiger partial charge in [0.15, 0.2) is 5.75 Å². The number of benzene rings is 2. The van der Waals surface area contributed by atoms with Gasteiger partial charge in [0.1, 0.15) is 11.4 Å². The van der Waals surface area contributed by atoms with Gasteiger partial charge in [0.25, 0.3) is 0 Å². The molecular formula is C20H22N2O. The second kappa shape index (κ2) is 6.69. The molecule has 0 fully saturated rings. The average Bonchev–Trinajstić information content (AvgIpc) is 2.90. The van der Waals surface area contributed by atoms with Crippen LogP contribution in [0.1, 0.15) is 18.9 Å². The Kier molecular flexibility index (Phi) is 4.47. The summed E-state index contributed by atoms with van der Waals surface area (Å²) in [5.74, 6) is 0.865. The molecule has 0 radical (unpaired) electrons. The van der Waals surface area contributed by atoms with Crippen molar-refractivity contribution in [2.75, 3.05) is 6.61 Å². The maximum atomic E-state index is 6.09. The van der Waals surface area contributed by atoms with E-state index in [0.717, 1.165) is 34.7 Å². The highest BCUT2D eigenvalue weighted by Crippen LogP contribution is 2.38. The fourth-order valence-corrected chi connectivity index (χ4v) is 2.66. The van der Waals surface area contributed by atoms with E-state index in [0.29, 0.717) is 6.61 Å². The van der Waals surface area contributed by atoms with Crippen molar-refractivity contribution >= 4 is 0 Å². The van der Waals surface area contributed by atoms with Gasteiger partial charge in [-0.1, -0.05) is 67.1 Å². The quantitative estimate of drug-likeness (QED) is 0.673. The molecule has 3 heteroatoms. The van der Waals surface area contributed by atoms with Crippen LogP contribution in [0.3, 0.4) is 0 Å². The van der Waals surface area contributed by atoms with E-state index in [1.54, 1.807) is 0 Å². The molecule has 0 saturated carbocycles. The fraction of sp³-hybridized carbons (Fsp3) is 0.250. The normalized spacial score (nSPS) is 10.7. The molecule has 1 aromatic heterocycles. The van der Waals surface area contributed by atoms with Crippen molar-refractivity contribution in [3.63, 3.8) is 0 Å². The molecule has 0 amide bonds. The first-order valence-corrected chi connectivity index (χ1v) is 8.03. The summed E-state index contributed by atoms with van der Waals surface area (Å²) in [6.45, 7) is 4.89. The number of nitrogens with zero attached hydrogens (tertiary/aromatic N) is 2. The summed E-state index contributed by atoms with van der Waals surface area (Å²) in [6, 6.07) is 18.7. The molecule has 0 spiro atoms. The lowest BCUT2D eigenvalue weighted by Gasteiger charge is -2.09. The molecule has 0 aliphatic carbocycles. The van der Waals surface area contributed by atoms with E-state index in [1.165, 1.54) is 5.56 Å². The Labute approximate surface area is 137 Å². The second-order valence-electron chi connectivity index (χ2n) is 5.73. The number of hydrogen-bond acceptors (Lipinski definition) is 2. The van der Waals surface area contributed by atoms with E-state index in [9.17, 15) is 0 Å². The van der Waals surface area contributed by atoms with Crippen LogP contribution >= 0.6 is 0 Å². The van der Waals surface area contributed by atoms with Crippen LogP contribution in [0.5, 0.6) is 5.75 Å². The van der Waals surface area contributed by atoms with Gasteiger partial charge in [-0.3, -0.25) is 4.68 Å². The maximum Gasteiger partial charge on any atom is 0.173 e. The standard InChI is InChI=1S/C20H22N2O/c1-4-14-23-20-18(16-12-10-15(2)11-13-16)21-22(3)19(20)17-8-6-5-7-9-17/h5-13H,4,14H2,1-3H3. The minimum atomic E-state index is 0.685. The fourth-order valence-electron chi connectivity index (χ4n) is 2.66. The molecule has 118 valence electrons. The maximum absolute atomic E-state index is 6.09. The number of aryl methyl sites for hydroxylation is 2. The SMILES string of the molecule is CCCOc1c(-c2ccc(C)cc2)nn(C)c1-c1ccccc1. The molecule has 3 nitrogen and oxygen atoms in total. The molecular weight excluding hydrogens is 284 g/mol. The first-order chi connectivity index (χ1) is 11.2. The molecule has 0 saturated heterocycles. The molecule has 1 heterocycles. The average molecular weight is 306 g/mol. The van der Waals surface area contributed by atoms with Crippen LogP contribution < -0.4 is 4.74 Å². The Bertz CT molecular complexity index is 773. The van der Waals surface area contributed by atoms with Gasteiger partial charge in [0.2, 0.25) is 0 Å². The first kappa shape index (κ1) is 15.3. The van der Waals surface area contributed by atoms with Gasteiger partial charge in [0.05, 0.1) is 6.61 Å². The molecule has 0 N–H and O–H groups in total. The van der Waals surface area contributed by atoms with Crippen LogP contribution in [0, 0.1) is 6.92 Å². The van der Waals surface area contributed by atoms with Crippen molar-refractivity contribution < 1.29 is 4.74 Å². The van der Waals surface area contributed by atoms with Gasteiger partial charge < -0.3 is 4.74 Å². The zero-order chi connectivity index (χ0) is 16.2. The van der Waals surface area contributed by atoms with Crippen LogP contribution in [0.15, 0.2) is 54.6 Å². The van der Waals surface area contributed by atoms with E-state index in [2.05, 4.69) is 50.2 Å². The molecule has 0 bridgehead atoms. The topological polar surface area (TPSA) is 27.1 Å². The zero-order valence-electron chi connectivity index (χ0n) is 13.9. The summed E-state index contributed by atoms with van der Waals surface area (Å²) in [7, 11) is 1.97. The van der Waals surface area contributed by atoms with Gasteiger partial charge in [-0.2, -0.15) is 5.10 Å². The van der Waals surface area contributed by atoms with Crippen molar-refractivity contribution in [1.29, 1.82) is 0 Å². The third-order valence-electron chi connectivity index (χ3n) is 3.83. The van der Waals surface area contributed by atoms with Crippen LogP contribution in [-0.2, 0) is 7.05 Å². The molecule has 0 unspecified atom stereocenters. The van der Waals surface area contributed by atoms with E-state index < -0.39 is 0 Å². The number of rotatable bonds is 5. The van der Waals surface area contributed by atoms with Crippen molar-refractivity contribution in [1.82, 2.24) is 9.78 Å². The molecule has 2 aromatic carbocycles. The highest BCUT2D eigenvalue weighted by Gasteiger charge is 2.20. The summed E-state index contributed by atoms with van der Waals surface area (Å²) >= 11 is 0. The highest BCUT2D eigenvalue weighted by molar-refractivity contribution is 5.78. The first-order valence-electron chi connectivity index (χ1n) is 8.03. The third-order valence-corrected chi connectivity index (χ3v) is 3.83. The summed E-state index contributed by atoms with van der Waals surface area (Å²) in [6.07, 6.45) is 0.969. The minimum absolute atomic E-state index is 0.685. The van der Waals surface area contributed by atoms with E-state index in [4.69, 9.17) is 9.84 Å². The lowest BCUT2D eigenvalue weighted by atomic mass is 10.1. The van der Waals surface area contributed by atoms with Crippen LogP contribution in [0.25, 0.3) is 22.5 Å². The largest absolute Gasteiger partial charge is 0.489 e. The van der Waals surface area contributed by atoms with Gasteiger partial charge in [0, 0.05) is 18.2 Å². The summed E-state index contributed by atoms with van der Waals surface area (Å²) < 4.78 is 8.01. The van der Waals surface area contributed by atoms with Gasteiger partial charge in [-0.15, -0.1) is 0 Å². The van der Waals surface area contributed by atoms with Gasteiger partial charge in [-0.25, -0.2) is 0 Å². The molecule has 0 aliphatic heterocycles. The monoisotopic (exact) mass is 306 g/mol. The summed E-state index contributed by atoms with van der Waals surface area (Å²) in [5.41, 5.74) is 5.37. The van der Waals surface area contributed by atoms with Crippen molar-refractivity contribution in [3.8, 4) is 28.3 Å². The molecule has 0 aliphatic rings. The predicted molar refractivity (Wildman–Crippen MR) is 94.6 cm³/mol. The molecule has 3 rings (SSSR count). The summed E-state index contributed by atoms with van der Waals surface area (Å²) in [4.78, 5) is 0. The Morgan fingerprint density at radius 1 is 0.957 bits per heavy atom. The second-order valence-corrected chi connectivity index (χ2v) is 5.73. The van der Waals surface area contributed by atoms with Gasteiger partial charge >= 0.3 is 0 Å². The number of hydrogen-bond donors (Lipinski definition) is 0. The minimum Gasteiger partial charge on any atom is -0.489 e. The van der Waals surface area contributed by atoms with E-state index >= 15 is 0 Å². The number of aromatic nitrogens is 2. The van der Waals surface area contributed by atoms with Crippen LogP contribution in [0.4, 0.5) is 0 Å². The van der Waals surface area contributed by atoms with E-state index in [-0.39, 0.29) is 0 Å². The van der Waals surface area contributed by atoms with Crippen molar-refractivity contribution in [3.05, 3.63) is 60.2 Å². The Hall–Kier alpha value is -2.55. The Balaban J connectivity index is 2.15. The smallest absolute Gasteiger partial charge is 0.173 e. The molecule has 0 atom stereocenters. The van der Waals surface area contributed by atoms with Crippen LogP contribution in [0.2, 0.25) is 0 Å². The number of ether oxygens (including phenoxy) is 1. The highest BCUT2D eigenvalue weighted by atomic mass is 16.5. The van der Waals surface area contributed by atoms with Gasteiger partial charge in [-0.05, 0) is 13.3 Å². The predicted octanol–water partition coefficient (Wildman–Crippen LogP) is 4.85. The van der Waals surface area contributed by atoms with Crippen molar-refractivity contribution in [2.24, 2.45) is 7.05 Å². The zero-order valence-corrected chi connectivity index (χ0v) is 13.9. The Morgan fingerprint density at radius 3 is 2.30 bits per heavy atom. The lowest BCUT2D eigenvalue weighted by molar-refractivity contribution is 0.320. The molecule has 3 aromatic rings. The van der Waals surface area contributed by atoms with Crippen LogP contribution in [-0.4, -0.2) is 16.4 Å². The third kappa shape index (κ3) is 3.14. The molecule has 23 heavy (non-hydrogen) atoms. The van der Waals surface area contributed by atoms with E-state index in [1.807, 2.05) is 29.9 Å².